The summed E-state index contributed by atoms with van der Waals surface area (Å²) in [5, 5.41) is 1.91. The van der Waals surface area contributed by atoms with Crippen molar-refractivity contribution in [3.8, 4) is 0 Å². The lowest BCUT2D eigenvalue weighted by atomic mass is 10.0. The Morgan fingerprint density at radius 3 is 2.29 bits per heavy atom. The van der Waals surface area contributed by atoms with E-state index in [1.807, 2.05) is 10.2 Å². The van der Waals surface area contributed by atoms with E-state index in [0.29, 0.717) is 26.3 Å². The number of morpholine rings is 1. The average molecular weight is 254 g/mol. The lowest BCUT2D eigenvalue weighted by Crippen LogP contribution is -2.56. The number of nitrogens with zero attached hydrogens (tertiary/aromatic N) is 1. The first kappa shape index (κ1) is 14.2. The number of rotatable bonds is 3. The van der Waals surface area contributed by atoms with Gasteiger partial charge in [-0.25, -0.2) is 0 Å². The van der Waals surface area contributed by atoms with E-state index in [1.54, 1.807) is 13.8 Å². The molecule has 0 spiro atoms. The number of amides is 1. The fraction of sp³-hybridized carbons (Fsp3) is 0.900. The molecule has 0 atom stereocenters. The van der Waals surface area contributed by atoms with Crippen LogP contribution in [0.25, 0.3) is 0 Å². The Labute approximate surface area is 98.1 Å². The fourth-order valence-electron chi connectivity index (χ4n) is 1.68. The van der Waals surface area contributed by atoms with Crippen LogP contribution in [0.2, 0.25) is 0 Å². The molecule has 1 rings (SSSR count). The van der Waals surface area contributed by atoms with E-state index in [-0.39, 0.29) is 6.54 Å². The van der Waals surface area contributed by atoms with Crippen LogP contribution in [0.1, 0.15) is 13.8 Å². The molecule has 0 aliphatic carbocycles. The third-order valence-corrected chi connectivity index (χ3v) is 2.81. The molecule has 1 amide bonds. The molecule has 0 bridgehead atoms. The van der Waals surface area contributed by atoms with Gasteiger partial charge in [0.1, 0.15) is 0 Å². The molecule has 1 heterocycles. The predicted molar refractivity (Wildman–Crippen MR) is 55.5 cm³/mol. The van der Waals surface area contributed by atoms with Gasteiger partial charge in [-0.3, -0.25) is 9.69 Å². The Morgan fingerprint density at radius 2 is 1.82 bits per heavy atom. The number of hydrogen-bond donors (Lipinski definition) is 1. The van der Waals surface area contributed by atoms with Gasteiger partial charge in [0, 0.05) is 25.2 Å². The SMILES string of the molecule is CC(C)(CNC(=O)C(F)(F)F)N1CCOCC1. The van der Waals surface area contributed by atoms with Crippen molar-refractivity contribution in [2.45, 2.75) is 25.6 Å². The molecule has 1 N–H and O–H groups in total. The van der Waals surface area contributed by atoms with Crippen molar-refractivity contribution in [1.82, 2.24) is 10.2 Å². The molecule has 100 valence electrons. The Kier molecular flexibility index (Phi) is 4.37. The summed E-state index contributed by atoms with van der Waals surface area (Å²) in [7, 11) is 0. The van der Waals surface area contributed by atoms with Crippen LogP contribution in [-0.2, 0) is 9.53 Å². The molecule has 0 aromatic heterocycles. The molecule has 4 nitrogen and oxygen atoms in total. The summed E-state index contributed by atoms with van der Waals surface area (Å²) >= 11 is 0. The quantitative estimate of drug-likeness (QED) is 0.809. The Balaban J connectivity index is 2.46. The van der Waals surface area contributed by atoms with Crippen molar-refractivity contribution < 1.29 is 22.7 Å². The van der Waals surface area contributed by atoms with Crippen LogP contribution in [0, 0.1) is 0 Å². The first-order chi connectivity index (χ1) is 7.73. The second kappa shape index (κ2) is 5.22. The molecule has 1 aliphatic heterocycles. The Bertz CT molecular complexity index is 273. The van der Waals surface area contributed by atoms with Crippen LogP contribution in [0.15, 0.2) is 0 Å². The Hall–Kier alpha value is -0.820. The zero-order chi connectivity index (χ0) is 13.1. The van der Waals surface area contributed by atoms with Gasteiger partial charge in [0.25, 0.3) is 0 Å². The Morgan fingerprint density at radius 1 is 1.29 bits per heavy atom. The molecule has 0 aromatic rings. The highest BCUT2D eigenvalue weighted by Crippen LogP contribution is 2.17. The highest BCUT2D eigenvalue weighted by atomic mass is 19.4. The van der Waals surface area contributed by atoms with E-state index < -0.39 is 17.6 Å². The maximum atomic E-state index is 12.0. The van der Waals surface area contributed by atoms with Gasteiger partial charge in [0.05, 0.1) is 13.2 Å². The summed E-state index contributed by atoms with van der Waals surface area (Å²) in [5.41, 5.74) is -0.509. The minimum Gasteiger partial charge on any atom is -0.379 e. The van der Waals surface area contributed by atoms with Crippen molar-refractivity contribution >= 4 is 5.91 Å². The topological polar surface area (TPSA) is 41.6 Å². The maximum absolute atomic E-state index is 12.0. The van der Waals surface area contributed by atoms with Crippen molar-refractivity contribution in [3.05, 3.63) is 0 Å². The summed E-state index contributed by atoms with van der Waals surface area (Å²) in [6.45, 7) is 6.02. The first-order valence-electron chi connectivity index (χ1n) is 5.41. The van der Waals surface area contributed by atoms with E-state index in [0.717, 1.165) is 0 Å². The summed E-state index contributed by atoms with van der Waals surface area (Å²) in [6, 6.07) is 0. The smallest absolute Gasteiger partial charge is 0.379 e. The minimum absolute atomic E-state index is 0.0364. The molecule has 1 saturated heterocycles. The molecular weight excluding hydrogens is 237 g/mol. The van der Waals surface area contributed by atoms with E-state index >= 15 is 0 Å². The zero-order valence-electron chi connectivity index (χ0n) is 9.93. The molecular formula is C10H17F3N2O2. The van der Waals surface area contributed by atoms with Crippen molar-refractivity contribution in [2.24, 2.45) is 0 Å². The van der Waals surface area contributed by atoms with Crippen molar-refractivity contribution in [1.29, 1.82) is 0 Å². The van der Waals surface area contributed by atoms with Crippen LogP contribution in [-0.4, -0.2) is 55.4 Å². The van der Waals surface area contributed by atoms with Gasteiger partial charge < -0.3 is 10.1 Å². The molecule has 1 aliphatic rings. The number of halogens is 3. The zero-order valence-corrected chi connectivity index (χ0v) is 9.93. The summed E-state index contributed by atoms with van der Waals surface area (Å²) in [4.78, 5) is 12.7. The third-order valence-electron chi connectivity index (χ3n) is 2.81. The molecule has 0 aromatic carbocycles. The third kappa shape index (κ3) is 4.16. The summed E-state index contributed by atoms with van der Waals surface area (Å²) in [5.74, 6) is -1.89. The van der Waals surface area contributed by atoms with E-state index in [4.69, 9.17) is 4.74 Å². The van der Waals surface area contributed by atoms with Gasteiger partial charge in [-0.1, -0.05) is 0 Å². The molecule has 0 saturated carbocycles. The summed E-state index contributed by atoms with van der Waals surface area (Å²) in [6.07, 6.45) is -4.82. The number of hydrogen-bond acceptors (Lipinski definition) is 3. The van der Waals surface area contributed by atoms with Gasteiger partial charge in [0.15, 0.2) is 0 Å². The van der Waals surface area contributed by atoms with Gasteiger partial charge in [-0.2, -0.15) is 13.2 Å². The van der Waals surface area contributed by atoms with Crippen LogP contribution < -0.4 is 5.32 Å². The lowest BCUT2D eigenvalue weighted by Gasteiger charge is -2.40. The van der Waals surface area contributed by atoms with Gasteiger partial charge in [-0.15, -0.1) is 0 Å². The molecule has 7 heteroatoms. The molecule has 0 radical (unpaired) electrons. The van der Waals surface area contributed by atoms with E-state index in [1.165, 1.54) is 0 Å². The predicted octanol–water partition coefficient (Wildman–Crippen LogP) is 0.776. The fourth-order valence-corrected chi connectivity index (χ4v) is 1.68. The van der Waals surface area contributed by atoms with Gasteiger partial charge in [0.2, 0.25) is 0 Å². The molecule has 17 heavy (non-hydrogen) atoms. The number of alkyl halides is 3. The second-order valence-corrected chi connectivity index (χ2v) is 4.59. The normalized spacial score (nSPS) is 19.1. The molecule has 0 unspecified atom stereocenters. The van der Waals surface area contributed by atoms with Crippen molar-refractivity contribution in [3.63, 3.8) is 0 Å². The summed E-state index contributed by atoms with van der Waals surface area (Å²) < 4.78 is 41.2. The monoisotopic (exact) mass is 254 g/mol. The highest BCUT2D eigenvalue weighted by molar-refractivity contribution is 5.81. The average Bonchev–Trinajstić information content (AvgIpc) is 2.26. The van der Waals surface area contributed by atoms with Crippen LogP contribution in [0.4, 0.5) is 13.2 Å². The standard InChI is InChI=1S/C10H17F3N2O2/c1-9(2,15-3-5-17-6-4-15)7-14-8(16)10(11,12)13/h3-7H2,1-2H3,(H,14,16). The van der Waals surface area contributed by atoms with E-state index in [2.05, 4.69) is 0 Å². The minimum atomic E-state index is -4.82. The number of carbonyl (C=O) groups excluding carboxylic acids is 1. The number of nitrogens with one attached hydrogen (secondary N) is 1. The van der Waals surface area contributed by atoms with Gasteiger partial charge in [-0.05, 0) is 13.8 Å². The van der Waals surface area contributed by atoms with Crippen LogP contribution >= 0.6 is 0 Å². The van der Waals surface area contributed by atoms with E-state index in [9.17, 15) is 18.0 Å². The highest BCUT2D eigenvalue weighted by Gasteiger charge is 2.40. The number of ether oxygens (including phenoxy) is 1. The van der Waals surface area contributed by atoms with Crippen LogP contribution in [0.5, 0.6) is 0 Å². The largest absolute Gasteiger partial charge is 0.471 e. The maximum Gasteiger partial charge on any atom is 0.471 e. The van der Waals surface area contributed by atoms with Gasteiger partial charge >= 0.3 is 12.1 Å². The second-order valence-electron chi connectivity index (χ2n) is 4.59. The first-order valence-corrected chi connectivity index (χ1v) is 5.41. The lowest BCUT2D eigenvalue weighted by molar-refractivity contribution is -0.174. The molecule has 1 fully saturated rings. The van der Waals surface area contributed by atoms with Crippen LogP contribution in [0.3, 0.4) is 0 Å². The number of carbonyl (C=O) groups is 1. The van der Waals surface area contributed by atoms with Crippen molar-refractivity contribution in [2.75, 3.05) is 32.8 Å².